The third kappa shape index (κ3) is 6.63. The fourth-order valence-corrected chi connectivity index (χ4v) is 2.37. The predicted octanol–water partition coefficient (Wildman–Crippen LogP) is 3.03. The summed E-state index contributed by atoms with van der Waals surface area (Å²) >= 11 is 0. The van der Waals surface area contributed by atoms with Gasteiger partial charge >= 0.3 is 0 Å². The van der Waals surface area contributed by atoms with E-state index >= 15 is 0 Å². The van der Waals surface area contributed by atoms with Crippen molar-refractivity contribution in [3.8, 4) is 5.75 Å². The number of hydrogen-bond acceptors (Lipinski definition) is 3. The summed E-state index contributed by atoms with van der Waals surface area (Å²) in [5.74, 6) is 0.805. The molecule has 1 rings (SSSR count). The highest BCUT2D eigenvalue weighted by molar-refractivity contribution is 5.77. The molecule has 0 saturated carbocycles. The Morgan fingerprint density at radius 1 is 1.29 bits per heavy atom. The van der Waals surface area contributed by atoms with Crippen LogP contribution in [0.5, 0.6) is 5.75 Å². The maximum atomic E-state index is 12.0. The Morgan fingerprint density at radius 2 is 1.86 bits per heavy atom. The molecule has 1 aromatic carbocycles. The van der Waals surface area contributed by atoms with Crippen LogP contribution in [0.1, 0.15) is 52.1 Å². The Balaban J connectivity index is 2.49. The molecule has 21 heavy (non-hydrogen) atoms. The molecule has 3 N–H and O–H groups in total. The van der Waals surface area contributed by atoms with Crippen molar-refractivity contribution in [2.24, 2.45) is 11.1 Å². The quantitative estimate of drug-likeness (QED) is 0.847. The first-order valence-corrected chi connectivity index (χ1v) is 7.40. The van der Waals surface area contributed by atoms with Crippen LogP contribution in [-0.4, -0.2) is 19.1 Å². The minimum absolute atomic E-state index is 0.00457. The van der Waals surface area contributed by atoms with E-state index in [0.717, 1.165) is 17.7 Å². The van der Waals surface area contributed by atoms with Gasteiger partial charge in [0.2, 0.25) is 5.91 Å². The Kier molecular flexibility index (Phi) is 6.21. The lowest BCUT2D eigenvalue weighted by atomic mass is 9.87. The average molecular weight is 292 g/mol. The largest absolute Gasteiger partial charge is 0.497 e. The number of methoxy groups -OCH3 is 1. The van der Waals surface area contributed by atoms with Crippen molar-refractivity contribution in [3.63, 3.8) is 0 Å². The topological polar surface area (TPSA) is 64.3 Å². The van der Waals surface area contributed by atoms with Crippen LogP contribution in [0.4, 0.5) is 0 Å². The number of benzene rings is 1. The summed E-state index contributed by atoms with van der Waals surface area (Å²) in [5.41, 5.74) is 7.23. The monoisotopic (exact) mass is 292 g/mol. The van der Waals surface area contributed by atoms with Crippen molar-refractivity contribution in [2.45, 2.75) is 52.6 Å². The number of amides is 1. The summed E-state index contributed by atoms with van der Waals surface area (Å²) < 4.78 is 5.13. The molecule has 0 aliphatic carbocycles. The highest BCUT2D eigenvalue weighted by Gasteiger charge is 2.19. The summed E-state index contributed by atoms with van der Waals surface area (Å²) in [4.78, 5) is 12.0. The van der Waals surface area contributed by atoms with E-state index in [4.69, 9.17) is 10.5 Å². The molecule has 0 radical (unpaired) electrons. The Labute approximate surface area is 128 Å². The molecule has 0 spiro atoms. The van der Waals surface area contributed by atoms with E-state index in [1.165, 1.54) is 0 Å². The van der Waals surface area contributed by atoms with Gasteiger partial charge in [0.25, 0.3) is 0 Å². The number of carbonyl (C=O) groups excluding carboxylic acids is 1. The van der Waals surface area contributed by atoms with Crippen molar-refractivity contribution < 1.29 is 9.53 Å². The van der Waals surface area contributed by atoms with Crippen LogP contribution in [0.2, 0.25) is 0 Å². The molecule has 118 valence electrons. The SMILES string of the molecule is COc1ccc([C@H](C)NC(=O)CC(N)CC(C)(C)C)cc1. The van der Waals surface area contributed by atoms with Crippen molar-refractivity contribution >= 4 is 5.91 Å². The van der Waals surface area contributed by atoms with Gasteiger partial charge in [-0.25, -0.2) is 0 Å². The number of nitrogens with one attached hydrogen (secondary N) is 1. The molecule has 0 aromatic heterocycles. The van der Waals surface area contributed by atoms with E-state index in [2.05, 4.69) is 26.1 Å². The standard InChI is InChI=1S/C17H28N2O2/c1-12(13-6-8-15(21-5)9-7-13)19-16(20)10-14(18)11-17(2,3)4/h6-9,12,14H,10-11,18H2,1-5H3,(H,19,20)/t12-,14?/m0/s1. The van der Waals surface area contributed by atoms with Crippen LogP contribution in [-0.2, 0) is 4.79 Å². The Hall–Kier alpha value is -1.55. The lowest BCUT2D eigenvalue weighted by Crippen LogP contribution is -2.35. The number of nitrogens with two attached hydrogens (primary N) is 1. The van der Waals surface area contributed by atoms with E-state index in [1.54, 1.807) is 7.11 Å². The van der Waals surface area contributed by atoms with E-state index in [1.807, 2.05) is 31.2 Å². The molecule has 1 aromatic rings. The first-order chi connectivity index (χ1) is 9.71. The molecule has 0 aliphatic rings. The van der Waals surface area contributed by atoms with Gasteiger partial charge in [0.05, 0.1) is 13.2 Å². The van der Waals surface area contributed by atoms with Crippen LogP contribution in [0, 0.1) is 5.41 Å². The van der Waals surface area contributed by atoms with Crippen LogP contribution in [0.3, 0.4) is 0 Å². The molecule has 0 saturated heterocycles. The second-order valence-electron chi connectivity index (χ2n) is 6.79. The van der Waals surface area contributed by atoms with Gasteiger partial charge in [-0.1, -0.05) is 32.9 Å². The van der Waals surface area contributed by atoms with E-state index < -0.39 is 0 Å². The van der Waals surface area contributed by atoms with Gasteiger partial charge in [-0.2, -0.15) is 0 Å². The number of carbonyl (C=O) groups is 1. The van der Waals surface area contributed by atoms with E-state index in [-0.39, 0.29) is 23.4 Å². The summed E-state index contributed by atoms with van der Waals surface area (Å²) in [6.07, 6.45) is 1.19. The van der Waals surface area contributed by atoms with Gasteiger partial charge < -0.3 is 15.8 Å². The van der Waals surface area contributed by atoms with Crippen molar-refractivity contribution in [1.29, 1.82) is 0 Å². The summed E-state index contributed by atoms with van der Waals surface area (Å²) in [6.45, 7) is 8.36. The maximum Gasteiger partial charge on any atom is 0.222 e. The third-order valence-corrected chi connectivity index (χ3v) is 3.32. The highest BCUT2D eigenvalue weighted by Crippen LogP contribution is 2.21. The minimum Gasteiger partial charge on any atom is -0.497 e. The second kappa shape index (κ2) is 7.46. The molecule has 4 nitrogen and oxygen atoms in total. The van der Waals surface area contributed by atoms with Crippen LogP contribution in [0.25, 0.3) is 0 Å². The third-order valence-electron chi connectivity index (χ3n) is 3.32. The summed E-state index contributed by atoms with van der Waals surface area (Å²) in [7, 11) is 1.64. The average Bonchev–Trinajstić information content (AvgIpc) is 2.36. The minimum atomic E-state index is -0.104. The Bertz CT molecular complexity index is 449. The zero-order valence-electron chi connectivity index (χ0n) is 13.8. The fraction of sp³-hybridized carbons (Fsp3) is 0.588. The normalized spacial score (nSPS) is 14.4. The molecule has 4 heteroatoms. The maximum absolute atomic E-state index is 12.0. The van der Waals surface area contributed by atoms with Gasteiger partial charge in [-0.05, 0) is 36.5 Å². The van der Waals surface area contributed by atoms with Crippen LogP contribution < -0.4 is 15.8 Å². The predicted molar refractivity (Wildman–Crippen MR) is 86.2 cm³/mol. The first kappa shape index (κ1) is 17.5. The highest BCUT2D eigenvalue weighted by atomic mass is 16.5. The summed E-state index contributed by atoms with van der Waals surface area (Å²) in [5, 5.41) is 2.99. The number of ether oxygens (including phenoxy) is 1. The van der Waals surface area contributed by atoms with Gasteiger partial charge in [0.1, 0.15) is 5.75 Å². The van der Waals surface area contributed by atoms with E-state index in [0.29, 0.717) is 6.42 Å². The lowest BCUT2D eigenvalue weighted by molar-refractivity contribution is -0.122. The number of hydrogen-bond donors (Lipinski definition) is 2. The van der Waals surface area contributed by atoms with Crippen LogP contribution >= 0.6 is 0 Å². The Morgan fingerprint density at radius 3 is 2.33 bits per heavy atom. The zero-order chi connectivity index (χ0) is 16.0. The molecule has 0 heterocycles. The van der Waals surface area contributed by atoms with E-state index in [9.17, 15) is 4.79 Å². The van der Waals surface area contributed by atoms with Crippen LogP contribution in [0.15, 0.2) is 24.3 Å². The molecule has 0 bridgehead atoms. The molecule has 0 fully saturated rings. The lowest BCUT2D eigenvalue weighted by Gasteiger charge is -2.23. The fourth-order valence-electron chi connectivity index (χ4n) is 2.37. The smallest absolute Gasteiger partial charge is 0.222 e. The van der Waals surface area contributed by atoms with Gasteiger partial charge in [0, 0.05) is 12.5 Å². The van der Waals surface area contributed by atoms with Crippen molar-refractivity contribution in [1.82, 2.24) is 5.32 Å². The zero-order valence-corrected chi connectivity index (χ0v) is 13.8. The molecular formula is C17H28N2O2. The van der Waals surface area contributed by atoms with Crippen molar-refractivity contribution in [2.75, 3.05) is 7.11 Å². The summed E-state index contributed by atoms with van der Waals surface area (Å²) in [6, 6.07) is 7.56. The van der Waals surface area contributed by atoms with Gasteiger partial charge in [0.15, 0.2) is 0 Å². The molecule has 2 atom stereocenters. The molecule has 1 unspecified atom stereocenters. The second-order valence-corrected chi connectivity index (χ2v) is 6.79. The molecule has 1 amide bonds. The first-order valence-electron chi connectivity index (χ1n) is 7.40. The van der Waals surface area contributed by atoms with Crippen molar-refractivity contribution in [3.05, 3.63) is 29.8 Å². The van der Waals surface area contributed by atoms with Gasteiger partial charge in [-0.3, -0.25) is 4.79 Å². The molecular weight excluding hydrogens is 264 g/mol. The number of rotatable bonds is 6. The molecule has 0 aliphatic heterocycles. The van der Waals surface area contributed by atoms with Gasteiger partial charge in [-0.15, -0.1) is 0 Å².